The Morgan fingerprint density at radius 3 is 1.52 bits per heavy atom. The number of hydrogen-bond acceptors (Lipinski definition) is 12. The van der Waals surface area contributed by atoms with Gasteiger partial charge in [-0.05, 0) is 50.7 Å². The molecule has 63 heavy (non-hydrogen) atoms. The van der Waals surface area contributed by atoms with Crippen molar-refractivity contribution in [3.8, 4) is 0 Å². The molecule has 0 saturated heterocycles. The Labute approximate surface area is 376 Å². The lowest BCUT2D eigenvalue weighted by Gasteiger charge is -2.30. The van der Waals surface area contributed by atoms with Crippen LogP contribution in [0, 0.1) is 0 Å². The lowest BCUT2D eigenvalue weighted by Crippen LogP contribution is -2.62. The number of carbonyl (C=O) groups excluding carboxylic acids is 7. The quantitative estimate of drug-likeness (QED) is 0.0193. The van der Waals surface area contributed by atoms with E-state index < -0.39 is 89.2 Å². The highest BCUT2D eigenvalue weighted by molar-refractivity contribution is 7.80. The predicted octanol–water partition coefficient (Wildman–Crippen LogP) is -2.44. The minimum Gasteiger partial charge on any atom is -0.480 e. The van der Waals surface area contributed by atoms with Gasteiger partial charge in [-0.1, -0.05) is 60.7 Å². The number of nitrogens with zero attached hydrogens (tertiary/aromatic N) is 1. The van der Waals surface area contributed by atoms with Gasteiger partial charge >= 0.3 is 12.0 Å². The van der Waals surface area contributed by atoms with Gasteiger partial charge < -0.3 is 65.3 Å². The standard InChI is InChI=1S/C40H60N12O9S2/c1-40(2,52-31(53)25(41)21-62)37(60)51-27(16-10-18-46-39(44)61)33(55)49-28(19-23-11-5-3-6-12-23)34(56)47-26(15-9-17-45-38(42)43)32(54)48-29(20-24-13-7-4-8-14-24)35(57)50-30(22-63)36(58)59/h3-8,11-14,25-30,62-63H,9-10,15-22,41H2,1-2H3,(H,47,56)(H,48,54)(H,49,55)(H,50,57)(H,51,60)(H,52,53)(H,58,59)(H4,42,43,45)(H3,44,46,61)/t25-,26-,27-,28+,29-,30-/m0/s1. The molecule has 0 saturated carbocycles. The fraction of sp³-hybridized carbons (Fsp3) is 0.475. The molecule has 346 valence electrons. The molecule has 0 fully saturated rings. The van der Waals surface area contributed by atoms with Crippen molar-refractivity contribution in [1.29, 1.82) is 0 Å². The number of aliphatic carboxylic acids is 1. The lowest BCUT2D eigenvalue weighted by atomic mass is 10.0. The van der Waals surface area contributed by atoms with Crippen molar-refractivity contribution < 1.29 is 43.5 Å². The summed E-state index contributed by atoms with van der Waals surface area (Å²) in [4.78, 5) is 109. The zero-order valence-corrected chi connectivity index (χ0v) is 37.0. The van der Waals surface area contributed by atoms with E-state index in [2.05, 4.69) is 67.5 Å². The van der Waals surface area contributed by atoms with Gasteiger partial charge in [-0.15, -0.1) is 0 Å². The van der Waals surface area contributed by atoms with E-state index in [1.165, 1.54) is 13.8 Å². The molecular formula is C40H60N12O9S2. The zero-order chi connectivity index (χ0) is 47.1. The third kappa shape index (κ3) is 19.7. The van der Waals surface area contributed by atoms with Crippen molar-refractivity contribution in [2.24, 2.45) is 27.9 Å². The van der Waals surface area contributed by atoms with E-state index >= 15 is 0 Å². The van der Waals surface area contributed by atoms with Gasteiger partial charge in [0.1, 0.15) is 35.7 Å². The number of rotatable bonds is 27. The second kappa shape index (κ2) is 27.1. The predicted molar refractivity (Wildman–Crippen MR) is 242 cm³/mol. The number of primary amides is 1. The Kier molecular flexibility index (Phi) is 22.8. The normalized spacial score (nSPS) is 13.9. The van der Waals surface area contributed by atoms with Crippen molar-refractivity contribution >= 4 is 78.7 Å². The van der Waals surface area contributed by atoms with Crippen molar-refractivity contribution in [3.63, 3.8) is 0 Å². The van der Waals surface area contributed by atoms with Crippen LogP contribution in [0.1, 0.15) is 50.7 Å². The fourth-order valence-corrected chi connectivity index (χ4v) is 6.24. The van der Waals surface area contributed by atoms with Crippen molar-refractivity contribution in [1.82, 2.24) is 37.2 Å². The lowest BCUT2D eigenvalue weighted by molar-refractivity contribution is -0.141. The van der Waals surface area contributed by atoms with E-state index in [4.69, 9.17) is 22.9 Å². The second-order valence-corrected chi connectivity index (χ2v) is 15.7. The molecule has 0 aromatic heterocycles. The number of aliphatic imine (C=N–C) groups is 1. The van der Waals surface area contributed by atoms with Crippen LogP contribution in [0.15, 0.2) is 65.7 Å². The summed E-state index contributed by atoms with van der Waals surface area (Å²) in [5.41, 5.74) is 21.6. The van der Waals surface area contributed by atoms with Crippen LogP contribution in [0.3, 0.4) is 0 Å². The minimum atomic E-state index is -1.57. The Bertz CT molecular complexity index is 1890. The number of urea groups is 1. The first-order valence-electron chi connectivity index (χ1n) is 20.0. The fourth-order valence-electron chi connectivity index (χ4n) is 5.83. The number of carboxylic acids is 1. The molecule has 21 nitrogen and oxygen atoms in total. The molecular weight excluding hydrogens is 857 g/mol. The SMILES string of the molecule is CC(C)(NC(=O)[C@@H](N)CS)C(=O)N[C@@H](CCCNC(N)=O)C(=O)N[C@H](Cc1ccccc1)C(=O)N[C@@H](CCCN=C(N)N)C(=O)N[C@@H](Cc1ccccc1)C(=O)N[C@@H](CS)C(=O)O. The van der Waals surface area contributed by atoms with Crippen LogP contribution >= 0.6 is 25.3 Å². The number of hydrogen-bond donors (Lipinski definition) is 14. The van der Waals surface area contributed by atoms with Crippen molar-refractivity contribution in [2.45, 2.75) is 94.2 Å². The molecule has 0 spiro atoms. The Balaban J connectivity index is 2.50. The van der Waals surface area contributed by atoms with Gasteiger partial charge in [0.25, 0.3) is 0 Å². The molecule has 0 bridgehead atoms. The number of amides is 8. The smallest absolute Gasteiger partial charge is 0.327 e. The maximum Gasteiger partial charge on any atom is 0.327 e. The van der Waals surface area contributed by atoms with Crippen molar-refractivity contribution in [3.05, 3.63) is 71.8 Å². The number of nitrogens with two attached hydrogens (primary N) is 4. The zero-order valence-electron chi connectivity index (χ0n) is 35.2. The first-order valence-corrected chi connectivity index (χ1v) is 21.3. The maximum atomic E-state index is 14.3. The molecule has 0 aliphatic heterocycles. The number of carbonyl (C=O) groups is 8. The van der Waals surface area contributed by atoms with Gasteiger partial charge in [-0.2, -0.15) is 25.3 Å². The summed E-state index contributed by atoms with van der Waals surface area (Å²) >= 11 is 8.04. The highest BCUT2D eigenvalue weighted by Gasteiger charge is 2.36. The topological polar surface area (TPSA) is 357 Å². The molecule has 23 heteroatoms. The van der Waals surface area contributed by atoms with E-state index in [1.807, 2.05) is 0 Å². The van der Waals surface area contributed by atoms with E-state index in [9.17, 15) is 43.5 Å². The molecule has 16 N–H and O–H groups in total. The van der Waals surface area contributed by atoms with E-state index in [0.29, 0.717) is 11.1 Å². The molecule has 2 rings (SSSR count). The largest absolute Gasteiger partial charge is 0.480 e. The Hall–Kier alpha value is -6.07. The first kappa shape index (κ1) is 53.1. The van der Waals surface area contributed by atoms with Crippen LogP contribution in [0.5, 0.6) is 0 Å². The van der Waals surface area contributed by atoms with Gasteiger partial charge in [-0.25, -0.2) is 9.59 Å². The summed E-state index contributed by atoms with van der Waals surface area (Å²) < 4.78 is 0. The van der Waals surface area contributed by atoms with Crippen LogP contribution in [0.25, 0.3) is 0 Å². The average Bonchev–Trinajstić information content (AvgIpc) is 3.23. The van der Waals surface area contributed by atoms with Crippen LogP contribution in [0.2, 0.25) is 0 Å². The highest BCUT2D eigenvalue weighted by atomic mass is 32.1. The third-order valence-electron chi connectivity index (χ3n) is 9.33. The molecule has 0 radical (unpaired) electrons. The van der Waals surface area contributed by atoms with Gasteiger partial charge in [0.2, 0.25) is 35.4 Å². The van der Waals surface area contributed by atoms with Crippen molar-refractivity contribution in [2.75, 3.05) is 24.6 Å². The average molecular weight is 917 g/mol. The van der Waals surface area contributed by atoms with Gasteiger partial charge in [0, 0.05) is 37.4 Å². The third-order valence-corrected chi connectivity index (χ3v) is 10.1. The number of guanidine groups is 1. The monoisotopic (exact) mass is 916 g/mol. The molecule has 0 aliphatic rings. The summed E-state index contributed by atoms with van der Waals surface area (Å²) in [5.74, 6) is -6.51. The molecule has 2 aromatic rings. The summed E-state index contributed by atoms with van der Waals surface area (Å²) in [6, 6.07) is 8.68. The molecule has 0 unspecified atom stereocenters. The van der Waals surface area contributed by atoms with Crippen LogP contribution < -0.4 is 60.2 Å². The summed E-state index contributed by atoms with van der Waals surface area (Å²) in [6.07, 6.45) is 0.0501. The number of nitrogens with one attached hydrogen (secondary N) is 7. The van der Waals surface area contributed by atoms with Gasteiger partial charge in [0.05, 0.1) is 6.04 Å². The summed E-state index contributed by atoms with van der Waals surface area (Å²) in [7, 11) is 0. The van der Waals surface area contributed by atoms with Gasteiger partial charge in [0.15, 0.2) is 5.96 Å². The molecule has 0 heterocycles. The van der Waals surface area contributed by atoms with Crippen LogP contribution in [-0.4, -0.2) is 125 Å². The molecule has 0 aliphatic carbocycles. The van der Waals surface area contributed by atoms with E-state index in [-0.39, 0.29) is 69.1 Å². The van der Waals surface area contributed by atoms with E-state index in [0.717, 1.165) is 0 Å². The molecule has 6 atom stereocenters. The van der Waals surface area contributed by atoms with Crippen LogP contribution in [-0.2, 0) is 46.4 Å². The number of carboxylic acid groups (broad SMARTS) is 1. The Morgan fingerprint density at radius 2 is 1.08 bits per heavy atom. The highest BCUT2D eigenvalue weighted by Crippen LogP contribution is 2.11. The maximum absolute atomic E-state index is 14.3. The van der Waals surface area contributed by atoms with E-state index in [1.54, 1.807) is 60.7 Å². The first-order chi connectivity index (χ1) is 29.8. The Morgan fingerprint density at radius 1 is 0.635 bits per heavy atom. The molecule has 8 amide bonds. The second-order valence-electron chi connectivity index (χ2n) is 15.0. The summed E-state index contributed by atoms with van der Waals surface area (Å²) in [6.45, 7) is 2.90. The minimum absolute atomic E-state index is 0.00168. The molecule has 2 aromatic carbocycles. The van der Waals surface area contributed by atoms with Crippen LogP contribution in [0.4, 0.5) is 4.79 Å². The number of thiol groups is 2. The van der Waals surface area contributed by atoms with Gasteiger partial charge in [-0.3, -0.25) is 33.8 Å². The number of benzene rings is 2. The summed E-state index contributed by atoms with van der Waals surface area (Å²) in [5, 5.41) is 27.5.